The van der Waals surface area contributed by atoms with Crippen molar-refractivity contribution in [2.45, 2.75) is 212 Å². The highest BCUT2D eigenvalue weighted by Crippen LogP contribution is 2.48. The number of aryl methyl sites for hydroxylation is 1. The molecule has 0 bridgehead atoms. The van der Waals surface area contributed by atoms with E-state index in [1.165, 1.54) is 52.3 Å². The number of likely N-dealkylation sites (N-methyl/N-ethyl adjacent to an activating group) is 1. The van der Waals surface area contributed by atoms with Gasteiger partial charge in [0.15, 0.2) is 23.1 Å². The fourth-order valence-corrected chi connectivity index (χ4v) is 15.4. The van der Waals surface area contributed by atoms with Gasteiger partial charge in [-0.05, 0) is 145 Å². The SMILES string of the molecule is CCN1C(=CC=CC=CC=CC2=[N+](CCCCCC(=O)CCCOCCOCC(=O)N[C@@H](Cc3ccc(/C(C)=N/OCCNC(=O)OCCOC)cc3)C(=O)CCCOCC(=O)N3CCC[C@H]3C(=O)N[C@@H](CC(C)C)C(=O)CCC(=O)N[C@@H](CSC)C(=O)CC(C)C)c3ccc(S(=O)(=O)O)cc3C2(C)C)C(C)(C)c2cc(C)ccc21. The number of hydrogen-bond acceptors (Lipinski definition) is 20. The number of benzene rings is 3. The van der Waals surface area contributed by atoms with Crippen molar-refractivity contribution in [3.05, 3.63) is 137 Å². The van der Waals surface area contributed by atoms with Crippen molar-refractivity contribution in [3.8, 4) is 0 Å². The van der Waals surface area contributed by atoms with Gasteiger partial charge in [0, 0.05) is 119 Å². The first-order valence-corrected chi connectivity index (χ1v) is 43.2. The van der Waals surface area contributed by atoms with Crippen LogP contribution in [0.3, 0.4) is 0 Å². The second-order valence-corrected chi connectivity index (χ2v) is 33.6. The molecule has 0 aromatic heterocycles. The van der Waals surface area contributed by atoms with Crippen LogP contribution >= 0.6 is 11.8 Å². The van der Waals surface area contributed by atoms with E-state index in [4.69, 9.17) is 28.5 Å². The minimum absolute atomic E-state index is 0.0146. The van der Waals surface area contributed by atoms with Crippen LogP contribution in [-0.2, 0) is 94.2 Å². The fourth-order valence-electron chi connectivity index (χ4n) is 14.3. The zero-order chi connectivity index (χ0) is 84.3. The number of carbonyl (C=O) groups is 9. The largest absolute Gasteiger partial charge is 0.447 e. The topological polar surface area (TPSA) is 333 Å². The average Bonchev–Trinajstić information content (AvgIpc) is 1.60. The fraction of sp³-hybridized carbons (Fsp3) is 0.575. The van der Waals surface area contributed by atoms with E-state index in [2.05, 4.69) is 93.9 Å². The van der Waals surface area contributed by atoms with E-state index in [1.54, 1.807) is 31.2 Å². The molecule has 3 aliphatic heterocycles. The van der Waals surface area contributed by atoms with Crippen LogP contribution in [0.1, 0.15) is 187 Å². The number of methoxy groups -OCH3 is 1. The minimum Gasteiger partial charge on any atom is -0.447 e. The number of likely N-dealkylation sites (tertiary alicyclic amines) is 1. The van der Waals surface area contributed by atoms with E-state index in [0.29, 0.717) is 82.5 Å². The molecule has 5 amide bonds. The summed E-state index contributed by atoms with van der Waals surface area (Å²) in [6.45, 7) is 24.6. The Labute approximate surface area is 685 Å². The average molecular weight is 1640 g/mol. The van der Waals surface area contributed by atoms with Crippen molar-refractivity contribution in [1.82, 2.24) is 26.2 Å². The summed E-state index contributed by atoms with van der Waals surface area (Å²) in [5, 5.41) is 15.2. The number of unbranched alkanes of at least 4 members (excludes halogenated alkanes) is 2. The van der Waals surface area contributed by atoms with E-state index < -0.39 is 69.4 Å². The number of allylic oxidation sites excluding steroid dienone is 8. The summed E-state index contributed by atoms with van der Waals surface area (Å²) < 4.78 is 63.8. The number of rotatable bonds is 53. The predicted molar refractivity (Wildman–Crippen MR) is 448 cm³/mol. The number of alkyl carbamates (subject to hydrolysis) is 1. The van der Waals surface area contributed by atoms with Crippen molar-refractivity contribution >= 4 is 97.5 Å². The lowest BCUT2D eigenvalue weighted by molar-refractivity contribution is -0.438. The highest BCUT2D eigenvalue weighted by molar-refractivity contribution is 7.98. The van der Waals surface area contributed by atoms with Crippen molar-refractivity contribution < 1.29 is 89.2 Å². The Morgan fingerprint density at radius 2 is 1.38 bits per heavy atom. The molecule has 3 aromatic carbocycles. The number of anilines is 1. The third-order valence-electron chi connectivity index (χ3n) is 20.4. The Kier molecular flexibility index (Phi) is 40.0. The summed E-state index contributed by atoms with van der Waals surface area (Å²) in [6.07, 6.45) is 20.5. The maximum Gasteiger partial charge on any atom is 0.407 e. The van der Waals surface area contributed by atoms with Crippen molar-refractivity contribution in [2.75, 3.05) is 110 Å². The molecule has 0 aliphatic carbocycles. The van der Waals surface area contributed by atoms with Gasteiger partial charge < -0.3 is 59.6 Å². The molecule has 115 heavy (non-hydrogen) atoms. The molecule has 1 saturated heterocycles. The number of oxime groups is 1. The number of amides is 5. The first-order chi connectivity index (χ1) is 54.8. The van der Waals surface area contributed by atoms with Crippen LogP contribution in [-0.4, -0.2) is 216 Å². The number of Topliss-reactive ketones (excluding diaryl/α,β-unsaturated/α-hetero) is 4. The van der Waals surface area contributed by atoms with Gasteiger partial charge in [-0.25, -0.2) is 4.79 Å². The van der Waals surface area contributed by atoms with E-state index in [0.717, 1.165) is 47.5 Å². The lowest BCUT2D eigenvalue weighted by atomic mass is 9.81. The molecular weight excluding hydrogens is 1510 g/mol. The van der Waals surface area contributed by atoms with Gasteiger partial charge in [-0.3, -0.25) is 42.9 Å². The molecule has 26 nitrogen and oxygen atoms in total. The number of fused-ring (bicyclic) bond motifs is 2. The van der Waals surface area contributed by atoms with Crippen molar-refractivity contribution in [3.63, 3.8) is 0 Å². The molecule has 4 atom stereocenters. The highest BCUT2D eigenvalue weighted by atomic mass is 32.2. The molecule has 0 saturated carbocycles. The maximum absolute atomic E-state index is 14.0. The molecule has 3 aliphatic rings. The number of nitrogens with one attached hydrogen (secondary N) is 4. The summed E-state index contributed by atoms with van der Waals surface area (Å²) in [4.78, 5) is 128. The molecule has 3 heterocycles. The standard InChI is InChI=1S/C87H124N8O18S2/c1-14-93-73-38-32-62(6)54-68(73)86(8,9)79(93)30-20-16-15-17-21-31-80-87(10,11)69-56-67(115(105,106)107)37-39-74(69)94(80)43-22-18-19-26-66(96)27-24-45-109-49-50-111-57-82(101)89-71(55-64-33-35-65(36-34-64)63(7)92-113-47-42-88-85(104)112-51-48-108-12)76(97)29-25-46-110-58-83(102)95-44-23-28-75(95)84(103)91-70(52-60(2)3)77(98)40-41-81(100)90-72(59-114-13)78(99)53-61(4)5/h15-17,20-21,30-39,54,56,60-61,70-72,75H,14,18-19,22-29,40-53,55,57-59H2,1-13H3,(H4-,88,89,90,91,100,101,103,104,105,106,107)/p+1/b92-63+/t70-,71-,72-,75-/m0/s1. The Balaban J connectivity index is 0.949. The smallest absolute Gasteiger partial charge is 0.407 e. The monoisotopic (exact) mass is 1630 g/mol. The molecule has 28 heteroatoms. The van der Waals surface area contributed by atoms with Gasteiger partial charge in [0.1, 0.15) is 44.8 Å². The van der Waals surface area contributed by atoms with Gasteiger partial charge in [0.25, 0.3) is 10.1 Å². The van der Waals surface area contributed by atoms with Crippen LogP contribution < -0.4 is 26.2 Å². The predicted octanol–water partition coefficient (Wildman–Crippen LogP) is 11.5. The Bertz CT molecular complexity index is 4090. The highest BCUT2D eigenvalue weighted by Gasteiger charge is 2.45. The van der Waals surface area contributed by atoms with Crippen LogP contribution in [0.2, 0.25) is 0 Å². The van der Waals surface area contributed by atoms with E-state index in [1.807, 2.05) is 90.3 Å². The number of ether oxygens (including phenoxy) is 5. The van der Waals surface area contributed by atoms with E-state index >= 15 is 0 Å². The summed E-state index contributed by atoms with van der Waals surface area (Å²) in [5.41, 5.74) is 8.91. The zero-order valence-electron chi connectivity index (χ0n) is 69.8. The second-order valence-electron chi connectivity index (χ2n) is 31.3. The molecule has 0 unspecified atom stereocenters. The Morgan fingerprint density at radius 3 is 2.10 bits per heavy atom. The Morgan fingerprint density at radius 1 is 0.696 bits per heavy atom. The van der Waals surface area contributed by atoms with E-state index in [-0.39, 0.29) is 137 Å². The molecule has 6 rings (SSSR count). The van der Waals surface area contributed by atoms with Crippen molar-refractivity contribution in [1.29, 1.82) is 0 Å². The number of ketones is 4. The number of nitrogens with zero attached hydrogens (tertiary/aromatic N) is 4. The molecule has 0 spiro atoms. The summed E-state index contributed by atoms with van der Waals surface area (Å²) in [6, 6.07) is 15.2. The first-order valence-electron chi connectivity index (χ1n) is 40.3. The lowest BCUT2D eigenvalue weighted by Crippen LogP contribution is -2.52. The maximum atomic E-state index is 14.0. The number of carbonyl (C=O) groups excluding carboxylic acids is 9. The first kappa shape index (κ1) is 95.3. The third-order valence-corrected chi connectivity index (χ3v) is 21.9. The second kappa shape index (κ2) is 48.3. The van der Waals surface area contributed by atoms with E-state index in [9.17, 15) is 56.1 Å². The van der Waals surface area contributed by atoms with Gasteiger partial charge in [-0.2, -0.15) is 24.8 Å². The molecule has 0 radical (unpaired) electrons. The van der Waals surface area contributed by atoms with Crippen molar-refractivity contribution in [2.24, 2.45) is 17.0 Å². The van der Waals surface area contributed by atoms with Crippen LogP contribution in [0.15, 0.2) is 119 Å². The van der Waals surface area contributed by atoms with Gasteiger partial charge in [-0.1, -0.05) is 119 Å². The molecule has 632 valence electrons. The third kappa shape index (κ3) is 30.8. The zero-order valence-corrected chi connectivity index (χ0v) is 71.4. The van der Waals surface area contributed by atoms with Gasteiger partial charge >= 0.3 is 6.09 Å². The number of hydrogen-bond donors (Lipinski definition) is 5. The number of thioether (sulfide) groups is 1. The quantitative estimate of drug-likeness (QED) is 0.00875. The van der Waals surface area contributed by atoms with Gasteiger partial charge in [0.2, 0.25) is 29.3 Å². The summed E-state index contributed by atoms with van der Waals surface area (Å²) in [5.74, 6) is -1.88. The molecular formula is C87H125N8O18S2+. The summed E-state index contributed by atoms with van der Waals surface area (Å²) in [7, 11) is -2.94. The molecule has 5 N–H and O–H groups in total. The van der Waals surface area contributed by atoms with Gasteiger partial charge in [-0.15, -0.1) is 0 Å². The van der Waals surface area contributed by atoms with Crippen LogP contribution in [0, 0.1) is 18.8 Å². The minimum atomic E-state index is -4.44. The summed E-state index contributed by atoms with van der Waals surface area (Å²) >= 11 is 1.44. The Hall–Kier alpha value is -8.51. The van der Waals surface area contributed by atoms with Crippen LogP contribution in [0.25, 0.3) is 0 Å². The lowest BCUT2D eigenvalue weighted by Gasteiger charge is -2.27. The normalized spacial score (nSPS) is 16.4. The van der Waals surface area contributed by atoms with Crippen LogP contribution in [0.4, 0.5) is 16.2 Å². The van der Waals surface area contributed by atoms with Gasteiger partial charge in [0.05, 0.1) is 60.5 Å². The molecule has 1 fully saturated rings. The molecule has 3 aromatic rings. The van der Waals surface area contributed by atoms with Crippen LogP contribution in [0.5, 0.6) is 0 Å².